The first-order valence-electron chi connectivity index (χ1n) is 8.11. The molecule has 25 heavy (non-hydrogen) atoms. The van der Waals surface area contributed by atoms with E-state index >= 15 is 0 Å². The van der Waals surface area contributed by atoms with Gasteiger partial charge in [0.15, 0.2) is 10.8 Å². The van der Waals surface area contributed by atoms with Crippen LogP contribution in [0, 0.1) is 0 Å². The maximum atomic E-state index is 12.6. The van der Waals surface area contributed by atoms with Crippen molar-refractivity contribution in [1.82, 2.24) is 19.9 Å². The molecule has 0 bridgehead atoms. The van der Waals surface area contributed by atoms with E-state index in [1.807, 2.05) is 0 Å². The summed E-state index contributed by atoms with van der Waals surface area (Å²) >= 11 is 1.35. The lowest BCUT2D eigenvalue weighted by Gasteiger charge is -2.11. The van der Waals surface area contributed by atoms with Gasteiger partial charge in [0.25, 0.3) is 5.56 Å². The van der Waals surface area contributed by atoms with Gasteiger partial charge in [-0.05, 0) is 25.0 Å². The lowest BCUT2D eigenvalue weighted by atomic mass is 10.4. The molecule has 0 aromatic carbocycles. The van der Waals surface area contributed by atoms with Gasteiger partial charge in [0, 0.05) is 13.1 Å². The Kier molecular flexibility index (Phi) is 4.22. The van der Waals surface area contributed by atoms with Crippen molar-refractivity contribution in [3.8, 4) is 0 Å². The second-order valence-corrected chi connectivity index (χ2v) is 6.85. The molecule has 1 aliphatic heterocycles. The summed E-state index contributed by atoms with van der Waals surface area (Å²) in [6.45, 7) is 2.13. The SMILES string of the molecule is O=C(Cn1cnc2nc(N3CCCC3)sc2c1=O)NCc1ccco1. The number of carbonyl (C=O) groups is 1. The standard InChI is InChI=1S/C16H17N5O3S/c22-12(17-8-11-4-3-7-24-11)9-21-10-18-14-13(15(21)23)25-16(19-14)20-5-1-2-6-20/h3-4,7,10H,1-2,5-6,8-9H2,(H,17,22). The van der Waals surface area contributed by atoms with Crippen molar-refractivity contribution in [2.24, 2.45) is 0 Å². The summed E-state index contributed by atoms with van der Waals surface area (Å²) in [5.41, 5.74) is 0.213. The average Bonchev–Trinajstić information content (AvgIpc) is 3.36. The Hall–Kier alpha value is -2.68. The molecule has 0 unspecified atom stereocenters. The molecule has 1 fully saturated rings. The van der Waals surface area contributed by atoms with Gasteiger partial charge in [0.2, 0.25) is 5.91 Å². The van der Waals surface area contributed by atoms with E-state index in [9.17, 15) is 9.59 Å². The number of amides is 1. The van der Waals surface area contributed by atoms with Gasteiger partial charge in [0.1, 0.15) is 23.3 Å². The van der Waals surface area contributed by atoms with Gasteiger partial charge < -0.3 is 14.6 Å². The second-order valence-electron chi connectivity index (χ2n) is 5.88. The summed E-state index contributed by atoms with van der Waals surface area (Å²) in [5.74, 6) is 0.385. The van der Waals surface area contributed by atoms with Crippen LogP contribution in [0.4, 0.5) is 5.13 Å². The number of carbonyl (C=O) groups excluding carboxylic acids is 1. The molecule has 130 valence electrons. The predicted molar refractivity (Wildman–Crippen MR) is 93.7 cm³/mol. The molecular formula is C16H17N5O3S. The minimum absolute atomic E-state index is 0.0839. The highest BCUT2D eigenvalue weighted by Crippen LogP contribution is 2.27. The fourth-order valence-electron chi connectivity index (χ4n) is 2.80. The van der Waals surface area contributed by atoms with Crippen molar-refractivity contribution in [3.05, 3.63) is 40.8 Å². The van der Waals surface area contributed by atoms with E-state index in [0.29, 0.717) is 16.1 Å². The van der Waals surface area contributed by atoms with E-state index in [1.165, 1.54) is 22.2 Å². The summed E-state index contributed by atoms with van der Waals surface area (Å²) in [6.07, 6.45) is 5.21. The van der Waals surface area contributed by atoms with Crippen LogP contribution < -0.4 is 15.8 Å². The zero-order chi connectivity index (χ0) is 17.2. The number of nitrogens with one attached hydrogen (secondary N) is 1. The van der Waals surface area contributed by atoms with E-state index in [4.69, 9.17) is 4.42 Å². The highest BCUT2D eigenvalue weighted by Gasteiger charge is 2.19. The molecule has 1 aliphatic rings. The maximum absolute atomic E-state index is 12.6. The Balaban J connectivity index is 1.50. The second kappa shape index (κ2) is 6.67. The van der Waals surface area contributed by atoms with Gasteiger partial charge in [-0.25, -0.2) is 4.98 Å². The fourth-order valence-corrected chi connectivity index (χ4v) is 3.82. The normalized spacial score (nSPS) is 14.3. The number of hydrogen-bond donors (Lipinski definition) is 1. The molecule has 4 rings (SSSR count). The molecule has 4 heterocycles. The number of thiazole rings is 1. The first-order chi connectivity index (χ1) is 12.2. The predicted octanol–water partition coefficient (Wildman–Crippen LogP) is 1.36. The van der Waals surface area contributed by atoms with Crippen LogP contribution in [0.5, 0.6) is 0 Å². The largest absolute Gasteiger partial charge is 0.467 e. The Morgan fingerprint density at radius 1 is 1.36 bits per heavy atom. The van der Waals surface area contributed by atoms with Crippen LogP contribution in [-0.2, 0) is 17.9 Å². The monoisotopic (exact) mass is 359 g/mol. The molecule has 8 nitrogen and oxygen atoms in total. The van der Waals surface area contributed by atoms with Crippen LogP contribution in [0.1, 0.15) is 18.6 Å². The molecule has 0 atom stereocenters. The lowest BCUT2D eigenvalue weighted by molar-refractivity contribution is -0.122. The molecule has 0 spiro atoms. The molecule has 1 N–H and O–H groups in total. The molecular weight excluding hydrogens is 342 g/mol. The number of fused-ring (bicyclic) bond motifs is 1. The van der Waals surface area contributed by atoms with Crippen molar-refractivity contribution in [2.75, 3.05) is 18.0 Å². The smallest absolute Gasteiger partial charge is 0.273 e. The Morgan fingerprint density at radius 3 is 2.96 bits per heavy atom. The van der Waals surface area contributed by atoms with E-state index in [2.05, 4.69) is 20.2 Å². The van der Waals surface area contributed by atoms with Crippen molar-refractivity contribution < 1.29 is 9.21 Å². The van der Waals surface area contributed by atoms with Crippen LogP contribution in [0.3, 0.4) is 0 Å². The summed E-state index contributed by atoms with van der Waals surface area (Å²) in [6, 6.07) is 3.53. The molecule has 3 aromatic heterocycles. The Morgan fingerprint density at radius 2 is 2.20 bits per heavy atom. The molecule has 9 heteroatoms. The maximum Gasteiger partial charge on any atom is 0.273 e. The Bertz CT molecular complexity index is 940. The zero-order valence-corrected chi connectivity index (χ0v) is 14.3. The molecule has 1 amide bonds. The number of furan rings is 1. The third-order valence-electron chi connectivity index (χ3n) is 4.10. The minimum atomic E-state index is -0.274. The first kappa shape index (κ1) is 15.8. The highest BCUT2D eigenvalue weighted by molar-refractivity contribution is 7.22. The van der Waals surface area contributed by atoms with Crippen LogP contribution in [0.15, 0.2) is 33.9 Å². The molecule has 0 aliphatic carbocycles. The van der Waals surface area contributed by atoms with Crippen LogP contribution >= 0.6 is 11.3 Å². The lowest BCUT2D eigenvalue weighted by Crippen LogP contribution is -2.31. The van der Waals surface area contributed by atoms with Crippen LogP contribution in [-0.4, -0.2) is 33.5 Å². The number of hydrogen-bond acceptors (Lipinski definition) is 7. The third-order valence-corrected chi connectivity index (χ3v) is 5.20. The highest BCUT2D eigenvalue weighted by atomic mass is 32.1. The van der Waals surface area contributed by atoms with Crippen molar-refractivity contribution in [1.29, 1.82) is 0 Å². The molecule has 0 radical (unpaired) electrons. The van der Waals surface area contributed by atoms with Gasteiger partial charge >= 0.3 is 0 Å². The summed E-state index contributed by atoms with van der Waals surface area (Å²) in [7, 11) is 0. The van der Waals surface area contributed by atoms with Gasteiger partial charge in [-0.2, -0.15) is 4.98 Å². The molecule has 3 aromatic rings. The number of anilines is 1. The first-order valence-corrected chi connectivity index (χ1v) is 8.92. The number of nitrogens with zero attached hydrogens (tertiary/aromatic N) is 4. The van der Waals surface area contributed by atoms with Crippen molar-refractivity contribution >= 4 is 32.7 Å². The minimum Gasteiger partial charge on any atom is -0.467 e. The van der Waals surface area contributed by atoms with Gasteiger partial charge in [0.05, 0.1) is 12.8 Å². The quantitative estimate of drug-likeness (QED) is 0.739. The van der Waals surface area contributed by atoms with Gasteiger partial charge in [-0.1, -0.05) is 11.3 Å². The van der Waals surface area contributed by atoms with Crippen LogP contribution in [0.2, 0.25) is 0 Å². The molecule has 1 saturated heterocycles. The Labute approximate surface area is 147 Å². The number of rotatable bonds is 5. The topological polar surface area (TPSA) is 93.3 Å². The van der Waals surface area contributed by atoms with E-state index in [0.717, 1.165) is 31.1 Å². The third kappa shape index (κ3) is 3.27. The number of aromatic nitrogens is 3. The summed E-state index contributed by atoms with van der Waals surface area (Å²) in [5, 5.41) is 3.55. The zero-order valence-electron chi connectivity index (χ0n) is 13.5. The summed E-state index contributed by atoms with van der Waals surface area (Å²) in [4.78, 5) is 35.5. The van der Waals surface area contributed by atoms with Crippen LogP contribution in [0.25, 0.3) is 10.3 Å². The molecule has 0 saturated carbocycles. The van der Waals surface area contributed by atoms with Crippen molar-refractivity contribution in [3.63, 3.8) is 0 Å². The van der Waals surface area contributed by atoms with Crippen molar-refractivity contribution in [2.45, 2.75) is 25.9 Å². The van der Waals surface area contributed by atoms with E-state index in [-0.39, 0.29) is 24.6 Å². The van der Waals surface area contributed by atoms with Gasteiger partial charge in [-0.3, -0.25) is 14.2 Å². The van der Waals surface area contributed by atoms with E-state index < -0.39 is 0 Å². The summed E-state index contributed by atoms with van der Waals surface area (Å²) < 4.78 is 6.96. The van der Waals surface area contributed by atoms with E-state index in [1.54, 1.807) is 18.4 Å². The average molecular weight is 359 g/mol. The fraction of sp³-hybridized carbons (Fsp3) is 0.375. The van der Waals surface area contributed by atoms with Gasteiger partial charge in [-0.15, -0.1) is 0 Å².